The quantitative estimate of drug-likeness (QED) is 0.702. The summed E-state index contributed by atoms with van der Waals surface area (Å²) >= 11 is 0. The van der Waals surface area contributed by atoms with Crippen molar-refractivity contribution in [1.82, 2.24) is 5.32 Å². The van der Waals surface area contributed by atoms with E-state index in [0.717, 1.165) is 0 Å². The van der Waals surface area contributed by atoms with Gasteiger partial charge in [0, 0.05) is 6.92 Å². The molecule has 0 bridgehead atoms. The van der Waals surface area contributed by atoms with Gasteiger partial charge in [-0.2, -0.15) is 0 Å². The van der Waals surface area contributed by atoms with E-state index in [1.807, 2.05) is 0 Å². The zero-order chi connectivity index (χ0) is 10.4. The maximum Gasteiger partial charge on any atom is 0.216 e. The van der Waals surface area contributed by atoms with Crippen molar-refractivity contribution in [2.24, 2.45) is 0 Å². The Morgan fingerprint density at radius 2 is 2.07 bits per heavy atom. The van der Waals surface area contributed by atoms with Crippen LogP contribution in [0.25, 0.3) is 0 Å². The zero-order valence-electron chi connectivity index (χ0n) is 7.99. The van der Waals surface area contributed by atoms with Crippen LogP contribution in [0.5, 0.6) is 11.5 Å². The van der Waals surface area contributed by atoms with E-state index in [9.17, 15) is 4.79 Å². The van der Waals surface area contributed by atoms with Crippen LogP contribution < -0.4 is 10.1 Å². The number of aromatic hydroxyl groups is 1. The van der Waals surface area contributed by atoms with Crippen molar-refractivity contribution in [2.75, 3.05) is 13.2 Å². The molecular weight excluding hydrogens is 182 g/mol. The minimum atomic E-state index is -0.0701. The lowest BCUT2D eigenvalue weighted by Gasteiger charge is -2.06. The molecule has 0 radical (unpaired) electrons. The Morgan fingerprint density at radius 3 is 2.64 bits per heavy atom. The maximum absolute atomic E-state index is 10.5. The van der Waals surface area contributed by atoms with Crippen LogP contribution in [-0.4, -0.2) is 24.2 Å². The smallest absolute Gasteiger partial charge is 0.216 e. The normalized spacial score (nSPS) is 9.50. The third-order valence-electron chi connectivity index (χ3n) is 1.58. The lowest BCUT2D eigenvalue weighted by atomic mass is 10.3. The Kier molecular flexibility index (Phi) is 3.79. The van der Waals surface area contributed by atoms with Crippen LogP contribution in [0.2, 0.25) is 0 Å². The fourth-order valence-corrected chi connectivity index (χ4v) is 0.938. The number of hydrogen-bond acceptors (Lipinski definition) is 3. The van der Waals surface area contributed by atoms with Crippen molar-refractivity contribution in [3.05, 3.63) is 24.3 Å². The number of amides is 1. The second kappa shape index (κ2) is 5.11. The van der Waals surface area contributed by atoms with Gasteiger partial charge in [-0.15, -0.1) is 0 Å². The third-order valence-corrected chi connectivity index (χ3v) is 1.58. The van der Waals surface area contributed by atoms with Gasteiger partial charge in [0.1, 0.15) is 18.1 Å². The summed E-state index contributed by atoms with van der Waals surface area (Å²) in [4.78, 5) is 10.5. The van der Waals surface area contributed by atoms with Crippen molar-refractivity contribution >= 4 is 5.91 Å². The van der Waals surface area contributed by atoms with Gasteiger partial charge in [-0.3, -0.25) is 4.79 Å². The number of carbonyl (C=O) groups is 1. The van der Waals surface area contributed by atoms with Crippen LogP contribution in [-0.2, 0) is 4.79 Å². The Morgan fingerprint density at radius 1 is 1.43 bits per heavy atom. The van der Waals surface area contributed by atoms with E-state index < -0.39 is 0 Å². The van der Waals surface area contributed by atoms with E-state index >= 15 is 0 Å². The molecule has 4 nitrogen and oxygen atoms in total. The molecule has 1 amide bonds. The number of carbonyl (C=O) groups excluding carboxylic acids is 1. The van der Waals surface area contributed by atoms with Gasteiger partial charge in [0.15, 0.2) is 0 Å². The average Bonchev–Trinajstić information content (AvgIpc) is 2.15. The average molecular weight is 195 g/mol. The molecular formula is C10H13NO3. The summed E-state index contributed by atoms with van der Waals surface area (Å²) in [5, 5.41) is 11.6. The van der Waals surface area contributed by atoms with Crippen LogP contribution in [0.15, 0.2) is 24.3 Å². The fraction of sp³-hybridized carbons (Fsp3) is 0.300. The van der Waals surface area contributed by atoms with E-state index in [0.29, 0.717) is 18.9 Å². The van der Waals surface area contributed by atoms with E-state index in [2.05, 4.69) is 5.32 Å². The molecule has 0 spiro atoms. The van der Waals surface area contributed by atoms with Crippen molar-refractivity contribution in [1.29, 1.82) is 0 Å². The molecule has 0 saturated carbocycles. The lowest BCUT2D eigenvalue weighted by Crippen LogP contribution is -2.25. The summed E-state index contributed by atoms with van der Waals surface area (Å²) in [6.07, 6.45) is 0. The van der Waals surface area contributed by atoms with Crippen molar-refractivity contribution in [3.8, 4) is 11.5 Å². The number of hydrogen-bond donors (Lipinski definition) is 2. The molecule has 2 N–H and O–H groups in total. The van der Waals surface area contributed by atoms with Gasteiger partial charge >= 0.3 is 0 Å². The maximum atomic E-state index is 10.5. The topological polar surface area (TPSA) is 58.6 Å². The molecule has 0 aliphatic rings. The summed E-state index contributed by atoms with van der Waals surface area (Å²) < 4.78 is 5.29. The molecule has 1 aromatic carbocycles. The Balaban J connectivity index is 2.25. The molecule has 14 heavy (non-hydrogen) atoms. The van der Waals surface area contributed by atoms with E-state index in [4.69, 9.17) is 9.84 Å². The monoisotopic (exact) mass is 195 g/mol. The summed E-state index contributed by atoms with van der Waals surface area (Å²) in [7, 11) is 0. The molecule has 4 heteroatoms. The lowest BCUT2D eigenvalue weighted by molar-refractivity contribution is -0.119. The molecule has 0 aromatic heterocycles. The molecule has 0 atom stereocenters. The summed E-state index contributed by atoms with van der Waals surface area (Å²) in [5.41, 5.74) is 0. The molecule has 1 rings (SSSR count). The molecule has 0 aliphatic heterocycles. The standard InChI is InChI=1S/C10H13NO3/c1-8(12)11-6-7-14-10-4-2-9(13)3-5-10/h2-5,13H,6-7H2,1H3,(H,11,12). The van der Waals surface area contributed by atoms with Crippen LogP contribution in [0.3, 0.4) is 0 Å². The SMILES string of the molecule is CC(=O)NCCOc1ccc(O)cc1. The fourth-order valence-electron chi connectivity index (χ4n) is 0.938. The second-order valence-corrected chi connectivity index (χ2v) is 2.83. The van der Waals surface area contributed by atoms with Crippen LogP contribution in [0.1, 0.15) is 6.92 Å². The van der Waals surface area contributed by atoms with Gasteiger partial charge in [-0.05, 0) is 24.3 Å². The van der Waals surface area contributed by atoms with Crippen LogP contribution >= 0.6 is 0 Å². The van der Waals surface area contributed by atoms with E-state index in [1.54, 1.807) is 24.3 Å². The number of ether oxygens (including phenoxy) is 1. The van der Waals surface area contributed by atoms with Gasteiger partial charge in [-0.25, -0.2) is 0 Å². The summed E-state index contributed by atoms with van der Waals surface area (Å²) in [6.45, 7) is 2.36. The van der Waals surface area contributed by atoms with Gasteiger partial charge < -0.3 is 15.2 Å². The van der Waals surface area contributed by atoms with E-state index in [-0.39, 0.29) is 11.7 Å². The first-order chi connectivity index (χ1) is 6.68. The number of phenolic OH excluding ortho intramolecular Hbond substituents is 1. The molecule has 0 fully saturated rings. The number of phenols is 1. The molecule has 1 aromatic rings. The molecule has 0 aliphatic carbocycles. The highest BCUT2D eigenvalue weighted by atomic mass is 16.5. The predicted octanol–water partition coefficient (Wildman–Crippen LogP) is 0.907. The first-order valence-electron chi connectivity index (χ1n) is 4.35. The predicted molar refractivity (Wildman–Crippen MR) is 52.3 cm³/mol. The first-order valence-corrected chi connectivity index (χ1v) is 4.35. The van der Waals surface area contributed by atoms with Gasteiger partial charge in [0.2, 0.25) is 5.91 Å². The minimum absolute atomic E-state index is 0.0701. The molecule has 76 valence electrons. The Hall–Kier alpha value is -1.71. The number of nitrogens with one attached hydrogen (secondary N) is 1. The van der Waals surface area contributed by atoms with Crippen molar-refractivity contribution in [3.63, 3.8) is 0 Å². The first kappa shape index (κ1) is 10.4. The summed E-state index contributed by atoms with van der Waals surface area (Å²) in [6, 6.07) is 6.44. The minimum Gasteiger partial charge on any atom is -0.508 e. The van der Waals surface area contributed by atoms with Gasteiger partial charge in [0.05, 0.1) is 6.54 Å². The third kappa shape index (κ3) is 3.80. The number of rotatable bonds is 4. The summed E-state index contributed by atoms with van der Waals surface area (Å²) in [5.74, 6) is 0.812. The number of benzene rings is 1. The van der Waals surface area contributed by atoms with E-state index in [1.165, 1.54) is 6.92 Å². The highest BCUT2D eigenvalue weighted by Gasteiger charge is 1.94. The van der Waals surface area contributed by atoms with Crippen molar-refractivity contribution in [2.45, 2.75) is 6.92 Å². The zero-order valence-corrected chi connectivity index (χ0v) is 7.99. The largest absolute Gasteiger partial charge is 0.508 e. The molecule has 0 heterocycles. The van der Waals surface area contributed by atoms with Crippen molar-refractivity contribution < 1.29 is 14.6 Å². The molecule has 0 saturated heterocycles. The van der Waals surface area contributed by atoms with Crippen LogP contribution in [0.4, 0.5) is 0 Å². The highest BCUT2D eigenvalue weighted by molar-refractivity contribution is 5.72. The van der Waals surface area contributed by atoms with Crippen LogP contribution in [0, 0.1) is 0 Å². The van der Waals surface area contributed by atoms with Gasteiger partial charge in [-0.1, -0.05) is 0 Å². The highest BCUT2D eigenvalue weighted by Crippen LogP contribution is 2.15. The molecule has 0 unspecified atom stereocenters. The second-order valence-electron chi connectivity index (χ2n) is 2.83. The Bertz CT molecular complexity index is 295. The van der Waals surface area contributed by atoms with Gasteiger partial charge in [0.25, 0.3) is 0 Å². The Labute approximate surface area is 82.5 Å².